The van der Waals surface area contributed by atoms with Gasteiger partial charge in [0.15, 0.2) is 0 Å². The average molecular weight is 177 g/mol. The van der Waals surface area contributed by atoms with E-state index in [1.165, 1.54) is 6.07 Å². The quantitative estimate of drug-likeness (QED) is 0.669. The molecule has 0 bridgehead atoms. The Morgan fingerprint density at radius 3 is 2.40 bits per heavy atom. The Bertz CT molecular complexity index is 239. The Kier molecular flexibility index (Phi) is 2.38. The molecule has 0 radical (unpaired) electrons. The van der Waals surface area contributed by atoms with Crippen molar-refractivity contribution in [1.29, 1.82) is 0 Å². The van der Waals surface area contributed by atoms with Gasteiger partial charge in [-0.25, -0.2) is 0 Å². The van der Waals surface area contributed by atoms with Crippen molar-refractivity contribution in [2.75, 3.05) is 5.48 Å². The summed E-state index contributed by atoms with van der Waals surface area (Å²) < 4.78 is 0. The lowest BCUT2D eigenvalue weighted by molar-refractivity contribution is 1.60. The van der Waals surface area contributed by atoms with E-state index in [2.05, 4.69) is 0 Å². The number of anilines is 1. The zero-order chi connectivity index (χ0) is 7.56. The molecular formula is C6H4Cl2NO-. The van der Waals surface area contributed by atoms with E-state index < -0.39 is 0 Å². The molecule has 54 valence electrons. The molecule has 0 aliphatic rings. The fourth-order valence-corrected chi connectivity index (χ4v) is 0.858. The molecule has 0 spiro atoms. The molecule has 1 aromatic rings. The monoisotopic (exact) mass is 176 g/mol. The Balaban J connectivity index is 3.04. The number of benzene rings is 1. The van der Waals surface area contributed by atoms with E-state index in [-0.39, 0.29) is 0 Å². The highest BCUT2D eigenvalue weighted by Gasteiger charge is 1.94. The molecule has 0 aliphatic carbocycles. The maximum absolute atomic E-state index is 10.0. The van der Waals surface area contributed by atoms with E-state index >= 15 is 0 Å². The minimum atomic E-state index is 0.377. The summed E-state index contributed by atoms with van der Waals surface area (Å²) in [7, 11) is 0. The Labute approximate surface area is 68.3 Å². The van der Waals surface area contributed by atoms with Crippen LogP contribution in [0.3, 0.4) is 0 Å². The first-order chi connectivity index (χ1) is 4.74. The van der Waals surface area contributed by atoms with Crippen molar-refractivity contribution in [2.45, 2.75) is 0 Å². The van der Waals surface area contributed by atoms with E-state index in [0.717, 1.165) is 0 Å². The van der Waals surface area contributed by atoms with Crippen molar-refractivity contribution in [3.8, 4) is 0 Å². The maximum Gasteiger partial charge on any atom is 0.0612 e. The van der Waals surface area contributed by atoms with Crippen molar-refractivity contribution in [2.24, 2.45) is 0 Å². The predicted molar refractivity (Wildman–Crippen MR) is 43.5 cm³/mol. The standard InChI is InChI=1S/C6H4Cl2NO/c7-5-2-1-4(9-10)3-6(5)8/h1-3,9H/q-1. The molecule has 0 saturated heterocycles. The van der Waals surface area contributed by atoms with Crippen molar-refractivity contribution >= 4 is 28.9 Å². The molecule has 1 aromatic carbocycles. The Morgan fingerprint density at radius 1 is 1.20 bits per heavy atom. The van der Waals surface area contributed by atoms with Crippen LogP contribution >= 0.6 is 23.2 Å². The number of hydrogen-bond acceptors (Lipinski definition) is 2. The third-order valence-electron chi connectivity index (χ3n) is 1.04. The first-order valence-corrected chi connectivity index (χ1v) is 3.33. The van der Waals surface area contributed by atoms with Gasteiger partial charge in [0.25, 0.3) is 0 Å². The van der Waals surface area contributed by atoms with Gasteiger partial charge in [0.2, 0.25) is 0 Å². The van der Waals surface area contributed by atoms with Crippen molar-refractivity contribution in [3.05, 3.63) is 33.5 Å². The Hall–Kier alpha value is -0.440. The largest absolute Gasteiger partial charge is 0.761 e. The smallest absolute Gasteiger partial charge is 0.0612 e. The summed E-state index contributed by atoms with van der Waals surface area (Å²) in [6, 6.07) is 4.59. The summed E-state index contributed by atoms with van der Waals surface area (Å²) in [5, 5.41) is 10.9. The van der Waals surface area contributed by atoms with Crippen LogP contribution in [0.1, 0.15) is 0 Å². The molecule has 4 heteroatoms. The first-order valence-electron chi connectivity index (χ1n) is 2.57. The van der Waals surface area contributed by atoms with E-state index in [0.29, 0.717) is 15.7 Å². The number of nitrogens with one attached hydrogen (secondary N) is 1. The van der Waals surface area contributed by atoms with Crippen molar-refractivity contribution in [3.63, 3.8) is 0 Å². The highest BCUT2D eigenvalue weighted by atomic mass is 35.5. The molecule has 0 heterocycles. The molecule has 0 aliphatic heterocycles. The van der Waals surface area contributed by atoms with Gasteiger partial charge in [-0.2, -0.15) is 0 Å². The SMILES string of the molecule is [O-]Nc1ccc(Cl)c(Cl)c1. The van der Waals surface area contributed by atoms with E-state index in [4.69, 9.17) is 23.2 Å². The van der Waals surface area contributed by atoms with Gasteiger partial charge in [0, 0.05) is 5.69 Å². The lowest BCUT2D eigenvalue weighted by atomic mass is 10.3. The van der Waals surface area contributed by atoms with Gasteiger partial charge in [0.05, 0.1) is 10.0 Å². The van der Waals surface area contributed by atoms with E-state index in [1.54, 1.807) is 17.6 Å². The molecule has 0 aromatic heterocycles. The summed E-state index contributed by atoms with van der Waals surface area (Å²) in [6.07, 6.45) is 0. The first kappa shape index (κ1) is 7.66. The molecule has 0 amide bonds. The highest BCUT2D eigenvalue weighted by Crippen LogP contribution is 2.24. The molecular weight excluding hydrogens is 173 g/mol. The van der Waals surface area contributed by atoms with E-state index in [9.17, 15) is 5.21 Å². The van der Waals surface area contributed by atoms with Gasteiger partial charge < -0.3 is 10.7 Å². The lowest BCUT2D eigenvalue weighted by Crippen LogP contribution is -1.83. The van der Waals surface area contributed by atoms with Crippen LogP contribution in [-0.2, 0) is 0 Å². The second kappa shape index (κ2) is 3.10. The van der Waals surface area contributed by atoms with Crippen LogP contribution in [0.5, 0.6) is 0 Å². The molecule has 1 N–H and O–H groups in total. The lowest BCUT2D eigenvalue weighted by Gasteiger charge is -2.08. The summed E-state index contributed by atoms with van der Waals surface area (Å²) >= 11 is 11.2. The number of hydrogen-bond donors (Lipinski definition) is 1. The van der Waals surface area contributed by atoms with Crippen LogP contribution in [0.2, 0.25) is 10.0 Å². The molecule has 0 atom stereocenters. The van der Waals surface area contributed by atoms with Gasteiger partial charge in [-0.3, -0.25) is 0 Å². The molecule has 10 heavy (non-hydrogen) atoms. The molecule has 2 nitrogen and oxygen atoms in total. The number of halogens is 2. The van der Waals surface area contributed by atoms with Crippen molar-refractivity contribution < 1.29 is 0 Å². The molecule has 0 saturated carbocycles. The second-order valence-corrected chi connectivity index (χ2v) is 2.55. The van der Waals surface area contributed by atoms with Crippen LogP contribution in [0.15, 0.2) is 18.2 Å². The minimum absolute atomic E-state index is 0.377. The van der Waals surface area contributed by atoms with Gasteiger partial charge in [-0.15, -0.1) is 0 Å². The van der Waals surface area contributed by atoms with Crippen LogP contribution in [-0.4, -0.2) is 0 Å². The zero-order valence-corrected chi connectivity index (χ0v) is 6.41. The third-order valence-corrected chi connectivity index (χ3v) is 1.78. The summed E-state index contributed by atoms with van der Waals surface area (Å²) in [5.74, 6) is 0. The highest BCUT2D eigenvalue weighted by molar-refractivity contribution is 6.42. The van der Waals surface area contributed by atoms with Gasteiger partial charge in [0.1, 0.15) is 0 Å². The minimum Gasteiger partial charge on any atom is -0.761 e. The predicted octanol–water partition coefficient (Wildman–Crippen LogP) is 2.90. The number of rotatable bonds is 1. The molecule has 1 rings (SSSR count). The average Bonchev–Trinajstić information content (AvgIpc) is 1.95. The maximum atomic E-state index is 10.0. The van der Waals surface area contributed by atoms with E-state index in [1.807, 2.05) is 0 Å². The fraction of sp³-hybridized carbons (Fsp3) is 0. The Morgan fingerprint density at radius 2 is 1.90 bits per heavy atom. The van der Waals surface area contributed by atoms with Gasteiger partial charge >= 0.3 is 0 Å². The summed E-state index contributed by atoms with van der Waals surface area (Å²) in [5.41, 5.74) is 2.11. The summed E-state index contributed by atoms with van der Waals surface area (Å²) in [4.78, 5) is 0. The van der Waals surface area contributed by atoms with Crippen LogP contribution < -0.4 is 5.48 Å². The third kappa shape index (κ3) is 1.53. The normalized spacial score (nSPS) is 9.50. The van der Waals surface area contributed by atoms with Gasteiger partial charge in [-0.1, -0.05) is 23.2 Å². The topological polar surface area (TPSA) is 35.1 Å². The zero-order valence-electron chi connectivity index (χ0n) is 4.90. The van der Waals surface area contributed by atoms with Crippen molar-refractivity contribution in [1.82, 2.24) is 0 Å². The van der Waals surface area contributed by atoms with Gasteiger partial charge in [-0.05, 0) is 18.2 Å². The molecule has 0 unspecified atom stereocenters. The fourth-order valence-electron chi connectivity index (χ4n) is 0.560. The second-order valence-electron chi connectivity index (χ2n) is 1.73. The van der Waals surface area contributed by atoms with Crippen LogP contribution in [0, 0.1) is 5.21 Å². The van der Waals surface area contributed by atoms with Crippen LogP contribution in [0.25, 0.3) is 0 Å². The summed E-state index contributed by atoms with van der Waals surface area (Å²) in [6.45, 7) is 0. The molecule has 0 fully saturated rings. The van der Waals surface area contributed by atoms with Crippen LogP contribution in [0.4, 0.5) is 5.69 Å².